The molecule has 0 atom stereocenters. The van der Waals surface area contributed by atoms with Gasteiger partial charge in [0.15, 0.2) is 0 Å². The molecule has 20 heavy (non-hydrogen) atoms. The predicted octanol–water partition coefficient (Wildman–Crippen LogP) is 6.23. The van der Waals surface area contributed by atoms with Crippen molar-refractivity contribution in [2.24, 2.45) is 0 Å². The zero-order valence-electron chi connectivity index (χ0n) is 14.3. The highest BCUT2D eigenvalue weighted by atomic mass is 15.0. The minimum absolute atomic E-state index is 0.397. The van der Waals surface area contributed by atoms with Crippen LogP contribution in [0.1, 0.15) is 110 Å². The van der Waals surface area contributed by atoms with E-state index in [0.29, 0.717) is 5.54 Å². The molecule has 0 aromatic heterocycles. The highest BCUT2D eigenvalue weighted by Gasteiger charge is 2.31. The van der Waals surface area contributed by atoms with Gasteiger partial charge in [-0.15, -0.1) is 0 Å². The summed E-state index contributed by atoms with van der Waals surface area (Å²) in [5.41, 5.74) is 0.397. The Morgan fingerprint density at radius 1 is 0.700 bits per heavy atom. The average Bonchev–Trinajstić information content (AvgIpc) is 2.47. The van der Waals surface area contributed by atoms with Gasteiger partial charge in [0.05, 0.1) is 0 Å². The standard InChI is InChI=1S/C19H38N/c1-3-5-6-7-8-9-10-11-13-16-19(20-4-2)17-14-12-15-18-19/h3-18H2,1-2H3. The van der Waals surface area contributed by atoms with Crippen LogP contribution in [0.5, 0.6) is 0 Å². The van der Waals surface area contributed by atoms with E-state index in [-0.39, 0.29) is 0 Å². The van der Waals surface area contributed by atoms with E-state index in [1.807, 2.05) is 0 Å². The van der Waals surface area contributed by atoms with Gasteiger partial charge < -0.3 is 0 Å². The summed E-state index contributed by atoms with van der Waals surface area (Å²) in [6.07, 6.45) is 21.3. The number of nitrogens with zero attached hydrogens (tertiary/aromatic N) is 1. The fraction of sp³-hybridized carbons (Fsp3) is 1.00. The van der Waals surface area contributed by atoms with Crippen molar-refractivity contribution in [3.63, 3.8) is 0 Å². The van der Waals surface area contributed by atoms with Gasteiger partial charge in [0.2, 0.25) is 0 Å². The molecule has 0 spiro atoms. The van der Waals surface area contributed by atoms with Gasteiger partial charge in [-0.05, 0) is 19.3 Å². The van der Waals surface area contributed by atoms with Crippen LogP contribution in [-0.4, -0.2) is 12.1 Å². The summed E-state index contributed by atoms with van der Waals surface area (Å²) in [5, 5.41) is 4.98. The second kappa shape index (κ2) is 11.6. The van der Waals surface area contributed by atoms with Gasteiger partial charge in [0.25, 0.3) is 0 Å². The molecule has 0 aromatic rings. The van der Waals surface area contributed by atoms with Gasteiger partial charge in [-0.1, -0.05) is 90.9 Å². The fourth-order valence-corrected chi connectivity index (χ4v) is 3.80. The molecule has 1 nitrogen and oxygen atoms in total. The maximum atomic E-state index is 4.98. The molecule has 1 radical (unpaired) electrons. The Hall–Kier alpha value is -0.0400. The Morgan fingerprint density at radius 3 is 1.80 bits per heavy atom. The normalized spacial score (nSPS) is 18.3. The Labute approximate surface area is 128 Å². The lowest BCUT2D eigenvalue weighted by molar-refractivity contribution is 0.208. The fourth-order valence-electron chi connectivity index (χ4n) is 3.80. The molecule has 0 bridgehead atoms. The van der Waals surface area contributed by atoms with Crippen molar-refractivity contribution in [1.29, 1.82) is 0 Å². The summed E-state index contributed by atoms with van der Waals surface area (Å²) in [5.74, 6) is 0. The monoisotopic (exact) mass is 280 g/mol. The van der Waals surface area contributed by atoms with Gasteiger partial charge in [-0.25, -0.2) is 5.32 Å². The topological polar surface area (TPSA) is 14.1 Å². The molecule has 0 saturated heterocycles. The second-order valence-electron chi connectivity index (χ2n) is 6.84. The lowest BCUT2D eigenvalue weighted by Crippen LogP contribution is -2.41. The number of hydrogen-bond acceptors (Lipinski definition) is 0. The third kappa shape index (κ3) is 7.67. The number of rotatable bonds is 12. The molecule has 1 heteroatoms. The first-order chi connectivity index (χ1) is 9.83. The lowest BCUT2D eigenvalue weighted by atomic mass is 9.78. The van der Waals surface area contributed by atoms with Crippen molar-refractivity contribution >= 4 is 0 Å². The maximum absolute atomic E-state index is 4.98. The van der Waals surface area contributed by atoms with Gasteiger partial charge in [-0.3, -0.25) is 0 Å². The first kappa shape index (κ1) is 18.0. The van der Waals surface area contributed by atoms with Crippen molar-refractivity contribution < 1.29 is 0 Å². The van der Waals surface area contributed by atoms with E-state index in [4.69, 9.17) is 5.32 Å². The third-order valence-corrected chi connectivity index (χ3v) is 5.02. The van der Waals surface area contributed by atoms with E-state index in [0.717, 1.165) is 6.54 Å². The van der Waals surface area contributed by atoms with E-state index in [1.54, 1.807) is 0 Å². The second-order valence-corrected chi connectivity index (χ2v) is 6.84. The maximum Gasteiger partial charge on any atom is 0.0356 e. The molecule has 0 N–H and O–H groups in total. The van der Waals surface area contributed by atoms with Gasteiger partial charge in [-0.2, -0.15) is 0 Å². The Balaban J connectivity index is 2.00. The Morgan fingerprint density at radius 2 is 1.25 bits per heavy atom. The molecular weight excluding hydrogens is 242 g/mol. The molecule has 1 fully saturated rings. The van der Waals surface area contributed by atoms with E-state index in [2.05, 4.69) is 13.8 Å². The highest BCUT2D eigenvalue weighted by molar-refractivity contribution is 4.89. The summed E-state index contributed by atoms with van der Waals surface area (Å²) < 4.78 is 0. The van der Waals surface area contributed by atoms with Crippen LogP contribution in [0, 0.1) is 0 Å². The van der Waals surface area contributed by atoms with Crippen LogP contribution < -0.4 is 5.32 Å². The lowest BCUT2D eigenvalue weighted by Gasteiger charge is -2.37. The largest absolute Gasteiger partial charge is 0.235 e. The Bertz CT molecular complexity index is 200. The number of hydrogen-bond donors (Lipinski definition) is 0. The summed E-state index contributed by atoms with van der Waals surface area (Å²) in [6, 6.07) is 0. The van der Waals surface area contributed by atoms with Crippen molar-refractivity contribution in [1.82, 2.24) is 5.32 Å². The molecule has 0 aliphatic heterocycles. The van der Waals surface area contributed by atoms with Crippen molar-refractivity contribution in [3.8, 4) is 0 Å². The van der Waals surface area contributed by atoms with Crippen molar-refractivity contribution in [2.75, 3.05) is 6.54 Å². The predicted molar refractivity (Wildman–Crippen MR) is 90.3 cm³/mol. The SMILES string of the molecule is CCCCCCCCCCCC1([N]CC)CCCCC1. The van der Waals surface area contributed by atoms with E-state index in [1.165, 1.54) is 96.3 Å². The minimum atomic E-state index is 0.397. The van der Waals surface area contributed by atoms with Gasteiger partial charge >= 0.3 is 0 Å². The van der Waals surface area contributed by atoms with Crippen LogP contribution >= 0.6 is 0 Å². The molecule has 0 heterocycles. The average molecular weight is 281 g/mol. The summed E-state index contributed by atoms with van der Waals surface area (Å²) in [4.78, 5) is 0. The first-order valence-corrected chi connectivity index (χ1v) is 9.51. The van der Waals surface area contributed by atoms with Crippen molar-refractivity contribution in [2.45, 2.75) is 116 Å². The zero-order chi connectivity index (χ0) is 14.5. The van der Waals surface area contributed by atoms with Crippen LogP contribution in [-0.2, 0) is 0 Å². The van der Waals surface area contributed by atoms with Gasteiger partial charge in [0, 0.05) is 12.1 Å². The van der Waals surface area contributed by atoms with Gasteiger partial charge in [0.1, 0.15) is 0 Å². The van der Waals surface area contributed by atoms with Crippen LogP contribution in [0.2, 0.25) is 0 Å². The summed E-state index contributed by atoms with van der Waals surface area (Å²) in [7, 11) is 0. The van der Waals surface area contributed by atoms with Crippen LogP contribution in [0.4, 0.5) is 0 Å². The summed E-state index contributed by atoms with van der Waals surface area (Å²) in [6.45, 7) is 5.53. The van der Waals surface area contributed by atoms with Crippen LogP contribution in [0.3, 0.4) is 0 Å². The molecular formula is C19H38N. The van der Waals surface area contributed by atoms with Crippen molar-refractivity contribution in [3.05, 3.63) is 0 Å². The molecule has 1 rings (SSSR count). The molecule has 1 aliphatic carbocycles. The Kier molecular flexibility index (Phi) is 10.4. The first-order valence-electron chi connectivity index (χ1n) is 9.51. The quantitative estimate of drug-likeness (QED) is 0.376. The van der Waals surface area contributed by atoms with E-state index in [9.17, 15) is 0 Å². The third-order valence-electron chi connectivity index (χ3n) is 5.02. The zero-order valence-corrected chi connectivity index (χ0v) is 14.3. The highest BCUT2D eigenvalue weighted by Crippen LogP contribution is 2.33. The molecule has 0 aromatic carbocycles. The van der Waals surface area contributed by atoms with Crippen LogP contribution in [0.15, 0.2) is 0 Å². The number of unbranched alkanes of at least 4 members (excludes halogenated alkanes) is 8. The van der Waals surface area contributed by atoms with E-state index >= 15 is 0 Å². The molecule has 119 valence electrons. The minimum Gasteiger partial charge on any atom is -0.235 e. The molecule has 0 amide bonds. The van der Waals surface area contributed by atoms with E-state index < -0.39 is 0 Å². The summed E-state index contributed by atoms with van der Waals surface area (Å²) >= 11 is 0. The molecule has 0 unspecified atom stereocenters. The van der Waals surface area contributed by atoms with Crippen LogP contribution in [0.25, 0.3) is 0 Å². The molecule has 1 saturated carbocycles. The molecule has 1 aliphatic rings. The smallest absolute Gasteiger partial charge is 0.0356 e.